The van der Waals surface area contributed by atoms with Crippen LogP contribution in [0.25, 0.3) is 0 Å². The molecule has 1 aromatic rings. The molecule has 17 heavy (non-hydrogen) atoms. The Morgan fingerprint density at radius 2 is 2.06 bits per heavy atom. The summed E-state index contributed by atoms with van der Waals surface area (Å²) < 4.78 is 35.7. The Bertz CT molecular complexity index is 541. The van der Waals surface area contributed by atoms with Gasteiger partial charge in [-0.25, -0.2) is 12.8 Å². The predicted molar refractivity (Wildman–Crippen MR) is 60.9 cm³/mol. The molecule has 1 fully saturated rings. The molecule has 4 nitrogen and oxygen atoms in total. The van der Waals surface area contributed by atoms with Crippen LogP contribution in [0, 0.1) is 5.82 Å². The van der Waals surface area contributed by atoms with Crippen LogP contribution in [-0.2, 0) is 9.84 Å². The Labute approximate surface area is 98.8 Å². The normalized spacial score (nSPS) is 22.3. The molecule has 1 N–H and O–H groups in total. The first-order chi connectivity index (χ1) is 7.98. The molecular weight excluding hydrogens is 245 g/mol. The van der Waals surface area contributed by atoms with Gasteiger partial charge in [0.25, 0.3) is 5.91 Å². The highest BCUT2D eigenvalue weighted by molar-refractivity contribution is 7.91. The number of hydrogen-bond acceptors (Lipinski definition) is 3. The molecular formula is C11H12FNO3S. The van der Waals surface area contributed by atoms with Gasteiger partial charge in [0, 0.05) is 6.04 Å². The average molecular weight is 257 g/mol. The highest BCUT2D eigenvalue weighted by Gasteiger charge is 2.29. The molecule has 0 aromatic heterocycles. The van der Waals surface area contributed by atoms with E-state index in [-0.39, 0.29) is 17.1 Å². The molecule has 92 valence electrons. The smallest absolute Gasteiger partial charge is 0.254 e. The summed E-state index contributed by atoms with van der Waals surface area (Å²) in [5.41, 5.74) is -0.0585. The van der Waals surface area contributed by atoms with Crippen LogP contribution in [0.15, 0.2) is 24.3 Å². The monoisotopic (exact) mass is 257 g/mol. The van der Waals surface area contributed by atoms with E-state index in [0.717, 1.165) is 0 Å². The van der Waals surface area contributed by atoms with Crippen LogP contribution in [0.4, 0.5) is 4.39 Å². The third-order valence-electron chi connectivity index (χ3n) is 2.69. The summed E-state index contributed by atoms with van der Waals surface area (Å²) in [4.78, 5) is 11.7. The fourth-order valence-electron chi connectivity index (χ4n) is 1.82. The van der Waals surface area contributed by atoms with E-state index in [0.29, 0.717) is 6.42 Å². The minimum absolute atomic E-state index is 0.0585. The number of halogens is 1. The van der Waals surface area contributed by atoms with Crippen molar-refractivity contribution in [1.29, 1.82) is 0 Å². The highest BCUT2D eigenvalue weighted by atomic mass is 32.2. The van der Waals surface area contributed by atoms with Crippen LogP contribution in [0.2, 0.25) is 0 Å². The van der Waals surface area contributed by atoms with Gasteiger partial charge in [0.2, 0.25) is 0 Å². The van der Waals surface area contributed by atoms with Crippen molar-refractivity contribution in [1.82, 2.24) is 5.32 Å². The van der Waals surface area contributed by atoms with Crippen LogP contribution in [0.3, 0.4) is 0 Å². The minimum atomic E-state index is -3.04. The Morgan fingerprint density at radius 1 is 1.35 bits per heavy atom. The molecule has 0 spiro atoms. The van der Waals surface area contributed by atoms with Gasteiger partial charge in [-0.1, -0.05) is 12.1 Å². The molecule has 1 saturated heterocycles. The molecule has 0 unspecified atom stereocenters. The predicted octanol–water partition coefficient (Wildman–Crippen LogP) is 0.743. The molecule has 2 rings (SSSR count). The lowest BCUT2D eigenvalue weighted by molar-refractivity contribution is 0.0937. The van der Waals surface area contributed by atoms with Crippen LogP contribution in [-0.4, -0.2) is 31.9 Å². The van der Waals surface area contributed by atoms with Crippen molar-refractivity contribution in [2.45, 2.75) is 12.5 Å². The summed E-state index contributed by atoms with van der Waals surface area (Å²) in [5.74, 6) is -1.15. The van der Waals surface area contributed by atoms with Gasteiger partial charge in [0.15, 0.2) is 9.84 Å². The fraction of sp³-hybridized carbons (Fsp3) is 0.364. The number of sulfone groups is 1. The SMILES string of the molecule is O=C(N[C@H]1CCS(=O)(=O)C1)c1ccccc1F. The zero-order valence-corrected chi connectivity index (χ0v) is 9.84. The zero-order valence-electron chi connectivity index (χ0n) is 9.02. The summed E-state index contributed by atoms with van der Waals surface area (Å²) in [6.45, 7) is 0. The van der Waals surface area contributed by atoms with Gasteiger partial charge < -0.3 is 5.32 Å². The number of carbonyl (C=O) groups excluding carboxylic acids is 1. The van der Waals surface area contributed by atoms with E-state index in [1.807, 2.05) is 0 Å². The van der Waals surface area contributed by atoms with Gasteiger partial charge in [-0.3, -0.25) is 4.79 Å². The first-order valence-corrected chi connectivity index (χ1v) is 7.06. The van der Waals surface area contributed by atoms with Crippen molar-refractivity contribution in [3.63, 3.8) is 0 Å². The maximum absolute atomic E-state index is 13.3. The standard InChI is InChI=1S/C11H12FNO3S/c12-10-4-2-1-3-9(10)11(14)13-8-5-6-17(15,16)7-8/h1-4,8H,5-7H2,(H,13,14)/t8-/m0/s1. The maximum Gasteiger partial charge on any atom is 0.254 e. The summed E-state index contributed by atoms with van der Waals surface area (Å²) in [5, 5.41) is 2.53. The van der Waals surface area contributed by atoms with Crippen molar-refractivity contribution in [3.8, 4) is 0 Å². The molecule has 1 atom stereocenters. The molecule has 1 heterocycles. The van der Waals surface area contributed by atoms with E-state index in [4.69, 9.17) is 0 Å². The second-order valence-corrected chi connectivity index (χ2v) is 6.28. The lowest BCUT2D eigenvalue weighted by Gasteiger charge is -2.10. The molecule has 1 aromatic carbocycles. The largest absolute Gasteiger partial charge is 0.348 e. The zero-order chi connectivity index (χ0) is 12.5. The molecule has 1 aliphatic heterocycles. The number of amides is 1. The van der Waals surface area contributed by atoms with E-state index < -0.39 is 27.6 Å². The first kappa shape index (κ1) is 12.0. The first-order valence-electron chi connectivity index (χ1n) is 5.24. The number of hydrogen-bond donors (Lipinski definition) is 1. The Hall–Kier alpha value is -1.43. The average Bonchev–Trinajstić information content (AvgIpc) is 2.58. The molecule has 1 aliphatic rings. The van der Waals surface area contributed by atoms with Crippen LogP contribution in [0.5, 0.6) is 0 Å². The second-order valence-electron chi connectivity index (χ2n) is 4.05. The van der Waals surface area contributed by atoms with Gasteiger partial charge in [-0.15, -0.1) is 0 Å². The topological polar surface area (TPSA) is 63.2 Å². The van der Waals surface area contributed by atoms with E-state index >= 15 is 0 Å². The Morgan fingerprint density at radius 3 is 2.65 bits per heavy atom. The highest BCUT2D eigenvalue weighted by Crippen LogP contribution is 2.13. The van der Waals surface area contributed by atoms with Crippen LogP contribution < -0.4 is 5.32 Å². The van der Waals surface area contributed by atoms with Gasteiger partial charge in [-0.2, -0.15) is 0 Å². The summed E-state index contributed by atoms with van der Waals surface area (Å²) in [6, 6.07) is 5.20. The summed E-state index contributed by atoms with van der Waals surface area (Å²) in [7, 11) is -3.04. The second kappa shape index (κ2) is 4.44. The lowest BCUT2D eigenvalue weighted by atomic mass is 10.2. The van der Waals surface area contributed by atoms with Gasteiger partial charge in [0.1, 0.15) is 5.82 Å². The third kappa shape index (κ3) is 2.82. The maximum atomic E-state index is 13.3. The van der Waals surface area contributed by atoms with Gasteiger partial charge in [-0.05, 0) is 18.6 Å². The van der Waals surface area contributed by atoms with Crippen LogP contribution >= 0.6 is 0 Å². The fourth-order valence-corrected chi connectivity index (χ4v) is 3.49. The van der Waals surface area contributed by atoms with Crippen molar-refractivity contribution in [2.24, 2.45) is 0 Å². The van der Waals surface area contributed by atoms with Crippen molar-refractivity contribution in [2.75, 3.05) is 11.5 Å². The molecule has 0 radical (unpaired) electrons. The molecule has 6 heteroatoms. The quantitative estimate of drug-likeness (QED) is 0.850. The van der Waals surface area contributed by atoms with E-state index in [1.54, 1.807) is 6.07 Å². The Balaban J connectivity index is 2.06. The molecule has 0 saturated carbocycles. The van der Waals surface area contributed by atoms with Gasteiger partial charge >= 0.3 is 0 Å². The minimum Gasteiger partial charge on any atom is -0.348 e. The number of rotatable bonds is 2. The van der Waals surface area contributed by atoms with E-state index in [1.165, 1.54) is 18.2 Å². The lowest BCUT2D eigenvalue weighted by Crippen LogP contribution is -2.36. The summed E-state index contributed by atoms with van der Waals surface area (Å²) >= 11 is 0. The van der Waals surface area contributed by atoms with Gasteiger partial charge in [0.05, 0.1) is 17.1 Å². The molecule has 0 bridgehead atoms. The van der Waals surface area contributed by atoms with E-state index in [9.17, 15) is 17.6 Å². The Kier molecular flexibility index (Phi) is 3.15. The summed E-state index contributed by atoms with van der Waals surface area (Å²) in [6.07, 6.45) is 0.391. The molecule has 1 amide bonds. The van der Waals surface area contributed by atoms with Crippen molar-refractivity contribution in [3.05, 3.63) is 35.6 Å². The third-order valence-corrected chi connectivity index (χ3v) is 4.45. The molecule has 0 aliphatic carbocycles. The number of nitrogens with one attached hydrogen (secondary N) is 1. The van der Waals surface area contributed by atoms with Crippen molar-refractivity contribution < 1.29 is 17.6 Å². The van der Waals surface area contributed by atoms with Crippen LogP contribution in [0.1, 0.15) is 16.8 Å². The van der Waals surface area contributed by atoms with Crippen molar-refractivity contribution >= 4 is 15.7 Å². The number of benzene rings is 1. The number of carbonyl (C=O) groups is 1. The van der Waals surface area contributed by atoms with E-state index in [2.05, 4.69) is 5.32 Å².